The lowest BCUT2D eigenvalue weighted by atomic mass is 10.0. The van der Waals surface area contributed by atoms with Crippen LogP contribution >= 0.6 is 31.2 Å². The minimum Gasteiger partial charge on any atom is -1.00 e. The van der Waals surface area contributed by atoms with Crippen LogP contribution in [0.5, 0.6) is 0 Å². The van der Waals surface area contributed by atoms with Gasteiger partial charge >= 0.3 is 0 Å². The van der Waals surface area contributed by atoms with E-state index in [1.807, 2.05) is 0 Å². The summed E-state index contributed by atoms with van der Waals surface area (Å²) in [6.07, 6.45) is 0. The van der Waals surface area contributed by atoms with E-state index in [0.29, 0.717) is 9.74 Å². The van der Waals surface area contributed by atoms with E-state index in [0.717, 1.165) is 0 Å². The molecule has 0 N–H and O–H groups in total. The van der Waals surface area contributed by atoms with Crippen LogP contribution in [0.1, 0.15) is 13.8 Å². The molecule has 1 rings (SSSR count). The lowest BCUT2D eigenvalue weighted by molar-refractivity contribution is -0.00000456. The highest BCUT2D eigenvalue weighted by Crippen LogP contribution is 2.74. The minimum absolute atomic E-state index is 0. The fraction of sp³-hybridized carbons (Fsp3) is 1.00. The van der Waals surface area contributed by atoms with Crippen LogP contribution in [-0.2, 0) is 0 Å². The van der Waals surface area contributed by atoms with E-state index < -0.39 is 7.71 Å². The van der Waals surface area contributed by atoms with Gasteiger partial charge in [-0.3, -0.25) is 0 Å². The van der Waals surface area contributed by atoms with Crippen LogP contribution < -0.4 is 12.4 Å². The molecule has 0 aromatic rings. The Balaban J connectivity index is 0.00000324. The summed E-state index contributed by atoms with van der Waals surface area (Å²) >= 11 is 4.30. The van der Waals surface area contributed by atoms with Crippen molar-refractivity contribution in [1.29, 1.82) is 0 Å². The fourth-order valence-electron chi connectivity index (χ4n) is 2.52. The molecule has 0 amide bonds. The van der Waals surface area contributed by atoms with Gasteiger partial charge in [-0.2, -0.15) is 14.0 Å². The third-order valence-corrected chi connectivity index (χ3v) is 13.3. The maximum atomic E-state index is 2.45. The summed E-state index contributed by atoms with van der Waals surface area (Å²) < 4.78 is 8.02. The van der Waals surface area contributed by atoms with Gasteiger partial charge in [-0.25, -0.2) is 0 Å². The summed E-state index contributed by atoms with van der Waals surface area (Å²) in [4.78, 5) is 0. The third kappa shape index (κ3) is 4.15. The smallest absolute Gasteiger partial charge is 0.249 e. The van der Waals surface area contributed by atoms with E-state index in [2.05, 4.69) is 93.7 Å². The number of thioether (sulfide) groups is 2. The number of hydrogen-bond donors (Lipinski definition) is 0. The molecule has 1 aliphatic heterocycles. The van der Waals surface area contributed by atoms with Gasteiger partial charge in [-0.05, 0) is 5.41 Å². The summed E-state index contributed by atoms with van der Waals surface area (Å²) in [5.74, 6) is 2.53. The molecule has 0 saturated carbocycles. The Labute approximate surface area is 135 Å². The van der Waals surface area contributed by atoms with Crippen LogP contribution in [0.2, 0.25) is 0 Å². The van der Waals surface area contributed by atoms with Crippen molar-refractivity contribution >= 4 is 31.2 Å². The monoisotopic (exact) mass is 345 g/mol. The van der Waals surface area contributed by atoms with Gasteiger partial charge in [0.15, 0.2) is 0 Å². The van der Waals surface area contributed by atoms with Crippen LogP contribution in [0, 0.1) is 5.41 Å². The Kier molecular flexibility index (Phi) is 8.04. The summed E-state index contributed by atoms with van der Waals surface area (Å²) in [5.41, 5.74) is 0.479. The van der Waals surface area contributed by atoms with Gasteiger partial charge in [0.2, 0.25) is 12.0 Å². The van der Waals surface area contributed by atoms with Crippen molar-refractivity contribution in [3.63, 3.8) is 0 Å². The number of halogens is 1. The average Bonchev–Trinajstić information content (AvgIpc) is 2.19. The van der Waals surface area contributed by atoms with Gasteiger partial charge in [-0.1, -0.05) is 13.8 Å². The second-order valence-electron chi connectivity index (χ2n) is 6.25. The number of nitrogens with zero attached hydrogens (tertiary/aromatic N) is 3. The first-order valence-electron chi connectivity index (χ1n) is 6.30. The molecule has 19 heavy (non-hydrogen) atoms. The lowest BCUT2D eigenvalue weighted by Crippen LogP contribution is -3.00. The van der Waals surface area contributed by atoms with E-state index in [1.165, 1.54) is 11.5 Å². The molecule has 7 heteroatoms. The zero-order valence-electron chi connectivity index (χ0n) is 13.5. The quantitative estimate of drug-likeness (QED) is 0.673. The molecular weight excluding hydrogens is 317 g/mol. The van der Waals surface area contributed by atoms with Crippen molar-refractivity contribution in [3.8, 4) is 0 Å². The normalized spacial score (nSPS) is 21.0. The Morgan fingerprint density at radius 1 is 0.842 bits per heavy atom. The molecule has 1 saturated heterocycles. The van der Waals surface area contributed by atoms with Crippen molar-refractivity contribution < 1.29 is 12.4 Å². The minimum atomic E-state index is -1.42. The molecule has 0 atom stereocenters. The van der Waals surface area contributed by atoms with E-state index in [9.17, 15) is 0 Å². The van der Waals surface area contributed by atoms with Gasteiger partial charge in [0.1, 0.15) is 0 Å². The summed E-state index contributed by atoms with van der Waals surface area (Å²) in [6, 6.07) is 0. The first kappa shape index (κ1) is 20.3. The largest absolute Gasteiger partial charge is 1.00 e. The SMILES string of the molecule is CN(C)[P+](C1SCC(C)(C)CS1)(N(C)C)N(C)C.[Cl-]. The van der Waals surface area contributed by atoms with Crippen LogP contribution in [0.25, 0.3) is 0 Å². The lowest BCUT2D eigenvalue weighted by Gasteiger charge is -2.46. The molecule has 0 unspecified atom stereocenters. The molecule has 1 aliphatic rings. The highest BCUT2D eigenvalue weighted by molar-refractivity contribution is 8.25. The molecule has 116 valence electrons. The van der Waals surface area contributed by atoms with Crippen LogP contribution in [-0.4, -0.2) is 72.1 Å². The van der Waals surface area contributed by atoms with Crippen molar-refractivity contribution in [2.24, 2.45) is 5.41 Å². The van der Waals surface area contributed by atoms with E-state index in [-0.39, 0.29) is 12.4 Å². The zero-order chi connectivity index (χ0) is 14.1. The molecular formula is C12H29ClN3PS2. The third-order valence-electron chi connectivity index (χ3n) is 3.28. The molecule has 1 fully saturated rings. The van der Waals surface area contributed by atoms with Gasteiger partial charge < -0.3 is 12.4 Å². The van der Waals surface area contributed by atoms with E-state index >= 15 is 0 Å². The Hall–Kier alpha value is 1.30. The predicted molar refractivity (Wildman–Crippen MR) is 90.5 cm³/mol. The van der Waals surface area contributed by atoms with Gasteiger partial charge in [0, 0.05) is 53.8 Å². The highest BCUT2D eigenvalue weighted by atomic mass is 35.5. The summed E-state index contributed by atoms with van der Waals surface area (Å²) in [6.45, 7) is 4.76. The second kappa shape index (κ2) is 7.53. The van der Waals surface area contributed by atoms with Gasteiger partial charge in [0.25, 0.3) is 0 Å². The van der Waals surface area contributed by atoms with E-state index in [1.54, 1.807) is 0 Å². The second-order valence-corrected chi connectivity index (χ2v) is 13.6. The topological polar surface area (TPSA) is 9.72 Å². The van der Waals surface area contributed by atoms with Crippen LogP contribution in [0.3, 0.4) is 0 Å². The molecule has 0 aromatic heterocycles. The molecule has 1 heterocycles. The van der Waals surface area contributed by atoms with Crippen molar-refractivity contribution in [2.45, 2.75) is 18.2 Å². The molecule has 0 radical (unpaired) electrons. The fourth-order valence-corrected chi connectivity index (χ4v) is 13.6. The average molecular weight is 346 g/mol. The maximum absolute atomic E-state index is 2.45. The molecule has 0 aromatic carbocycles. The molecule has 3 nitrogen and oxygen atoms in total. The maximum Gasteiger partial charge on any atom is 0.249 e. The van der Waals surface area contributed by atoms with E-state index in [4.69, 9.17) is 0 Å². The molecule has 0 spiro atoms. The molecule has 0 aliphatic carbocycles. The van der Waals surface area contributed by atoms with Crippen molar-refractivity contribution in [1.82, 2.24) is 14.0 Å². The van der Waals surface area contributed by atoms with Crippen molar-refractivity contribution in [3.05, 3.63) is 0 Å². The molecule has 0 bridgehead atoms. The summed E-state index contributed by atoms with van der Waals surface area (Å²) in [5, 5.41) is 0. The standard InChI is InChI=1S/C12H29N3PS2.ClH/c1-12(2)9-17-11(18-10-12)16(13(3)4,14(5)6)15(7)8;/h11H,9-10H2,1-8H3;1H/q+1;/p-1. The van der Waals surface area contributed by atoms with Crippen molar-refractivity contribution in [2.75, 3.05) is 53.8 Å². The zero-order valence-corrected chi connectivity index (χ0v) is 16.8. The highest BCUT2D eigenvalue weighted by Gasteiger charge is 2.57. The number of hydrogen-bond acceptors (Lipinski definition) is 5. The first-order valence-corrected chi connectivity index (χ1v) is 10.1. The van der Waals surface area contributed by atoms with Gasteiger partial charge in [-0.15, -0.1) is 23.5 Å². The van der Waals surface area contributed by atoms with Gasteiger partial charge in [0.05, 0.1) is 0 Å². The Bertz CT molecular complexity index is 256. The van der Waals surface area contributed by atoms with Crippen LogP contribution in [0.15, 0.2) is 0 Å². The van der Waals surface area contributed by atoms with Crippen LogP contribution in [0.4, 0.5) is 0 Å². The number of rotatable bonds is 4. The summed E-state index contributed by atoms with van der Waals surface area (Å²) in [7, 11) is 12.0. The Morgan fingerprint density at radius 3 is 1.42 bits per heavy atom. The Morgan fingerprint density at radius 2 is 1.16 bits per heavy atom. The predicted octanol–water partition coefficient (Wildman–Crippen LogP) is 0.228. The first-order chi connectivity index (χ1) is 8.14.